The zero-order chi connectivity index (χ0) is 21.4. The van der Waals surface area contributed by atoms with E-state index < -0.39 is 0 Å². The number of ether oxygens (including phenoxy) is 2. The topological polar surface area (TPSA) is 54.8 Å². The van der Waals surface area contributed by atoms with Crippen LogP contribution in [0.5, 0.6) is 5.75 Å². The van der Waals surface area contributed by atoms with E-state index in [1.807, 2.05) is 24.5 Å². The Labute approximate surface area is 189 Å². The number of aliphatic hydroxyl groups excluding tert-OH is 1. The van der Waals surface area contributed by atoms with Gasteiger partial charge in [0.15, 0.2) is 0 Å². The van der Waals surface area contributed by atoms with Gasteiger partial charge in [-0.3, -0.25) is 4.90 Å². The molecule has 1 N–H and O–H groups in total. The van der Waals surface area contributed by atoms with Crippen LogP contribution in [0.25, 0.3) is 10.2 Å². The highest BCUT2D eigenvalue weighted by molar-refractivity contribution is 7.19. The van der Waals surface area contributed by atoms with Gasteiger partial charge >= 0.3 is 0 Å². The van der Waals surface area contributed by atoms with Gasteiger partial charge in [-0.2, -0.15) is 0 Å². The number of morpholine rings is 1. The van der Waals surface area contributed by atoms with E-state index in [1.54, 1.807) is 0 Å². The van der Waals surface area contributed by atoms with Crippen molar-refractivity contribution in [2.45, 2.75) is 88.9 Å². The molecule has 3 aliphatic rings. The fraction of sp³-hybridized carbons (Fsp3) is 0.720. The molecule has 0 radical (unpaired) electrons. The largest absolute Gasteiger partial charge is 0.490 e. The maximum Gasteiger partial charge on any atom is 0.131 e. The maximum atomic E-state index is 10.0. The number of aromatic nitrogens is 1. The smallest absolute Gasteiger partial charge is 0.131 e. The van der Waals surface area contributed by atoms with Gasteiger partial charge in [0.2, 0.25) is 0 Å². The molecule has 2 aromatic heterocycles. The molecule has 5 nitrogen and oxygen atoms in total. The van der Waals surface area contributed by atoms with Crippen molar-refractivity contribution in [2.75, 3.05) is 26.3 Å². The van der Waals surface area contributed by atoms with Crippen LogP contribution in [0.4, 0.5) is 0 Å². The molecule has 170 valence electrons. The molecule has 1 aliphatic heterocycles. The van der Waals surface area contributed by atoms with Gasteiger partial charge in [0.1, 0.15) is 10.6 Å². The Balaban J connectivity index is 1.34. The normalized spacial score (nSPS) is 30.4. The molecule has 2 aliphatic carbocycles. The average Bonchev–Trinajstić information content (AvgIpc) is 3.35. The molecule has 0 amide bonds. The van der Waals surface area contributed by atoms with Gasteiger partial charge < -0.3 is 14.6 Å². The average molecular weight is 445 g/mol. The van der Waals surface area contributed by atoms with Crippen LogP contribution in [0, 0.1) is 0 Å². The molecule has 0 bridgehead atoms. The van der Waals surface area contributed by atoms with Crippen molar-refractivity contribution >= 4 is 21.6 Å². The molecule has 1 saturated heterocycles. The zero-order valence-corrected chi connectivity index (χ0v) is 19.8. The van der Waals surface area contributed by atoms with Crippen LogP contribution in [0.15, 0.2) is 12.3 Å². The lowest BCUT2D eigenvalue weighted by Crippen LogP contribution is -2.55. The van der Waals surface area contributed by atoms with Crippen molar-refractivity contribution in [3.8, 4) is 5.75 Å². The lowest BCUT2D eigenvalue weighted by Gasteiger charge is -2.49. The lowest BCUT2D eigenvalue weighted by atomic mass is 9.77. The molecule has 5 rings (SSSR count). The fourth-order valence-corrected chi connectivity index (χ4v) is 7.49. The third kappa shape index (κ3) is 4.12. The fourth-order valence-electron chi connectivity index (χ4n) is 6.23. The predicted octanol–water partition coefficient (Wildman–Crippen LogP) is 4.90. The summed E-state index contributed by atoms with van der Waals surface area (Å²) in [6, 6.07) is 2.07. The highest BCUT2D eigenvalue weighted by Crippen LogP contribution is 2.48. The van der Waals surface area contributed by atoms with Crippen molar-refractivity contribution < 1.29 is 14.6 Å². The molecule has 31 heavy (non-hydrogen) atoms. The number of thiophene rings is 1. The maximum absolute atomic E-state index is 10.0. The summed E-state index contributed by atoms with van der Waals surface area (Å²) in [5, 5.41) is 11.2. The summed E-state index contributed by atoms with van der Waals surface area (Å²) in [5.41, 5.74) is 1.74. The summed E-state index contributed by atoms with van der Waals surface area (Å²) in [4.78, 5) is 9.90. The van der Waals surface area contributed by atoms with Gasteiger partial charge in [-0.25, -0.2) is 4.98 Å². The van der Waals surface area contributed by atoms with Crippen LogP contribution >= 0.6 is 11.3 Å². The van der Waals surface area contributed by atoms with Crippen molar-refractivity contribution in [3.05, 3.63) is 22.7 Å². The Kier molecular flexibility index (Phi) is 6.26. The van der Waals surface area contributed by atoms with Crippen molar-refractivity contribution in [1.82, 2.24) is 9.88 Å². The van der Waals surface area contributed by atoms with E-state index in [2.05, 4.69) is 22.9 Å². The summed E-state index contributed by atoms with van der Waals surface area (Å²) in [7, 11) is 0. The summed E-state index contributed by atoms with van der Waals surface area (Å²) in [6.07, 6.45) is 10.8. The number of nitrogens with zero attached hydrogens (tertiary/aromatic N) is 2. The van der Waals surface area contributed by atoms with E-state index in [1.165, 1.54) is 35.1 Å². The Morgan fingerprint density at radius 2 is 2.06 bits per heavy atom. The van der Waals surface area contributed by atoms with E-state index in [4.69, 9.17) is 9.47 Å². The number of rotatable bonds is 6. The van der Waals surface area contributed by atoms with E-state index >= 15 is 0 Å². The summed E-state index contributed by atoms with van der Waals surface area (Å²) < 4.78 is 12.3. The van der Waals surface area contributed by atoms with Crippen LogP contribution in [0.2, 0.25) is 0 Å². The number of hydrogen-bond acceptors (Lipinski definition) is 6. The first-order valence-corrected chi connectivity index (χ1v) is 13.0. The molecular weight excluding hydrogens is 408 g/mol. The third-order valence-corrected chi connectivity index (χ3v) is 9.09. The van der Waals surface area contributed by atoms with Gasteiger partial charge in [0.05, 0.1) is 30.8 Å². The number of pyridine rings is 1. The zero-order valence-electron chi connectivity index (χ0n) is 18.9. The molecule has 0 aromatic carbocycles. The van der Waals surface area contributed by atoms with Gasteiger partial charge in [0.25, 0.3) is 0 Å². The van der Waals surface area contributed by atoms with Gasteiger partial charge in [-0.1, -0.05) is 6.92 Å². The third-order valence-electron chi connectivity index (χ3n) is 7.92. The first kappa shape index (κ1) is 21.6. The predicted molar refractivity (Wildman–Crippen MR) is 125 cm³/mol. The van der Waals surface area contributed by atoms with Crippen LogP contribution in [-0.2, 0) is 11.2 Å². The van der Waals surface area contributed by atoms with Crippen molar-refractivity contribution in [2.24, 2.45) is 0 Å². The first-order valence-electron chi connectivity index (χ1n) is 12.2. The Hall–Kier alpha value is -1.21. The molecule has 2 fully saturated rings. The Bertz CT molecular complexity index is 898. The molecule has 1 saturated carbocycles. The minimum Gasteiger partial charge on any atom is -0.490 e. The first-order chi connectivity index (χ1) is 15.1. The second-order valence-corrected chi connectivity index (χ2v) is 10.8. The monoisotopic (exact) mass is 444 g/mol. The quantitative estimate of drug-likeness (QED) is 0.687. The van der Waals surface area contributed by atoms with Crippen LogP contribution < -0.4 is 4.74 Å². The summed E-state index contributed by atoms with van der Waals surface area (Å²) >= 11 is 1.82. The summed E-state index contributed by atoms with van der Waals surface area (Å²) in [5.74, 6) is 1.44. The number of aliphatic hydroxyl groups is 1. The molecule has 6 heteroatoms. The van der Waals surface area contributed by atoms with Crippen LogP contribution in [0.3, 0.4) is 0 Å². The van der Waals surface area contributed by atoms with Gasteiger partial charge in [-0.05, 0) is 75.8 Å². The SMILES string of the molecule is CCC1(N2CCOCC2)CCC(Oc2ccnc3sc4c(c23)[C@@H](C[C@@H](C)O)CC4)CC1. The van der Waals surface area contributed by atoms with E-state index in [0.717, 1.165) is 69.0 Å². The van der Waals surface area contributed by atoms with Gasteiger partial charge in [-0.15, -0.1) is 11.3 Å². The summed E-state index contributed by atoms with van der Waals surface area (Å²) in [6.45, 7) is 8.12. The number of hydrogen-bond donors (Lipinski definition) is 1. The number of fused-ring (bicyclic) bond motifs is 3. The van der Waals surface area contributed by atoms with E-state index in [9.17, 15) is 5.11 Å². The van der Waals surface area contributed by atoms with Gasteiger partial charge in [0, 0.05) is 29.7 Å². The molecule has 0 spiro atoms. The lowest BCUT2D eigenvalue weighted by molar-refractivity contribution is -0.0510. The Morgan fingerprint density at radius 3 is 2.77 bits per heavy atom. The van der Waals surface area contributed by atoms with Crippen LogP contribution in [0.1, 0.15) is 75.2 Å². The van der Waals surface area contributed by atoms with E-state index in [-0.39, 0.29) is 12.2 Å². The molecular formula is C25H36N2O3S. The van der Waals surface area contributed by atoms with Crippen molar-refractivity contribution in [3.63, 3.8) is 0 Å². The minimum atomic E-state index is -0.271. The van der Waals surface area contributed by atoms with Crippen molar-refractivity contribution in [1.29, 1.82) is 0 Å². The van der Waals surface area contributed by atoms with E-state index in [0.29, 0.717) is 11.5 Å². The molecule has 2 atom stereocenters. The Morgan fingerprint density at radius 1 is 1.29 bits per heavy atom. The standard InChI is InChI=1S/C25H36N2O3S/c1-3-25(27-12-14-29-15-13-27)9-6-19(7-10-25)30-20-8-11-26-24-23(20)22-18(16-17(2)28)4-5-21(22)31-24/h8,11,17-19,28H,3-7,9-10,12-16H2,1-2H3/t17-,18-,19?,25?/m1/s1. The molecule has 0 unspecified atom stereocenters. The highest BCUT2D eigenvalue weighted by atomic mass is 32.1. The molecule has 3 heterocycles. The molecule has 2 aromatic rings. The highest BCUT2D eigenvalue weighted by Gasteiger charge is 2.40. The minimum absolute atomic E-state index is 0.271. The number of aryl methyl sites for hydroxylation is 1. The van der Waals surface area contributed by atoms with Crippen LogP contribution in [-0.4, -0.2) is 59.0 Å². The second-order valence-electron chi connectivity index (χ2n) is 9.74. The second kappa shape index (κ2) is 8.97.